The third kappa shape index (κ3) is 7.30. The number of rotatable bonds is 9. The Kier molecular flexibility index (Phi) is 12.0. The van der Waals surface area contributed by atoms with Gasteiger partial charge in [0, 0.05) is 25.0 Å². The third-order valence-electron chi connectivity index (χ3n) is 7.37. The molecular weight excluding hydrogens is 475 g/mol. The predicted octanol–water partition coefficient (Wildman–Crippen LogP) is 7.07. The van der Waals surface area contributed by atoms with Gasteiger partial charge in [-0.1, -0.05) is 64.6 Å². The van der Waals surface area contributed by atoms with Crippen molar-refractivity contribution in [1.82, 2.24) is 19.8 Å². The van der Waals surface area contributed by atoms with Crippen LogP contribution < -0.4 is 10.9 Å². The lowest BCUT2D eigenvalue weighted by Gasteiger charge is -2.39. The maximum absolute atomic E-state index is 13.5. The lowest BCUT2D eigenvalue weighted by Crippen LogP contribution is -2.40. The Bertz CT molecular complexity index is 1230. The molecule has 0 saturated carbocycles. The monoisotopic (exact) mass is 522 g/mol. The molecule has 6 heteroatoms. The van der Waals surface area contributed by atoms with Gasteiger partial charge in [-0.15, -0.1) is 15.8 Å². The second-order valence-corrected chi connectivity index (χ2v) is 11.1. The Morgan fingerprint density at radius 2 is 1.81 bits per heavy atom. The van der Waals surface area contributed by atoms with Crippen LogP contribution in [0, 0.1) is 0 Å². The highest BCUT2D eigenvalue weighted by Gasteiger charge is 2.29. The van der Waals surface area contributed by atoms with E-state index in [-0.39, 0.29) is 24.2 Å². The van der Waals surface area contributed by atoms with Crippen LogP contribution in [0.5, 0.6) is 0 Å². The Balaban J connectivity index is 0.000000898. The molecule has 2 atom stereocenters. The summed E-state index contributed by atoms with van der Waals surface area (Å²) in [6, 6.07) is 10.7. The summed E-state index contributed by atoms with van der Waals surface area (Å²) in [4.78, 5) is 20.9. The number of nitrogens with zero attached hydrogens (tertiary/aromatic N) is 3. The van der Waals surface area contributed by atoms with E-state index < -0.39 is 0 Å². The fraction of sp³-hybridized carbons (Fsp3) is 0.484. The zero-order chi connectivity index (χ0) is 26.1. The number of benzene rings is 2. The van der Waals surface area contributed by atoms with Crippen LogP contribution in [0.3, 0.4) is 0 Å². The first-order valence-corrected chi connectivity index (χ1v) is 13.8. The summed E-state index contributed by atoms with van der Waals surface area (Å²) >= 11 is 0. The van der Waals surface area contributed by atoms with Gasteiger partial charge in [0.25, 0.3) is 5.56 Å². The predicted molar refractivity (Wildman–Crippen MR) is 165 cm³/mol. The number of aromatic nitrogens is 2. The molecule has 5 nitrogen and oxygen atoms in total. The number of nitrogens with one attached hydrogen (secondary N) is 1. The molecule has 0 aliphatic carbocycles. The van der Waals surface area contributed by atoms with E-state index in [9.17, 15) is 4.79 Å². The van der Waals surface area contributed by atoms with Gasteiger partial charge in [-0.3, -0.25) is 14.3 Å². The molecule has 0 spiro atoms. The average Bonchev–Trinajstić information content (AvgIpc) is 2.90. The smallest absolute Gasteiger partial charge is 0.261 e. The summed E-state index contributed by atoms with van der Waals surface area (Å²) in [5, 5.41) is 6.02. The van der Waals surface area contributed by atoms with Gasteiger partial charge in [0.1, 0.15) is 0 Å². The molecule has 2 aromatic carbocycles. The van der Waals surface area contributed by atoms with Crippen molar-refractivity contribution < 1.29 is 0 Å². The molecule has 1 N–H and O–H groups in total. The van der Waals surface area contributed by atoms with Gasteiger partial charge in [-0.25, -0.2) is 4.98 Å². The van der Waals surface area contributed by atoms with Crippen molar-refractivity contribution in [3.05, 3.63) is 78.0 Å². The molecule has 0 radical (unpaired) electrons. The molecule has 4 rings (SSSR count). The van der Waals surface area contributed by atoms with Crippen LogP contribution in [-0.4, -0.2) is 39.7 Å². The number of likely N-dealkylation sites (tertiary alicyclic amines) is 1. The van der Waals surface area contributed by atoms with Crippen molar-refractivity contribution in [1.29, 1.82) is 0 Å². The van der Waals surface area contributed by atoms with Crippen molar-refractivity contribution in [2.45, 2.75) is 77.5 Å². The molecule has 1 aliphatic rings. The summed E-state index contributed by atoms with van der Waals surface area (Å²) in [6.45, 7) is 14.6. The SMILES string of the molecule is C.C=CCC1(P)CCN(Cc2cc3c(=O)n(C(CC)CCC)cnc3c3ccccc23)CC1.C=CNC. The van der Waals surface area contributed by atoms with Crippen LogP contribution >= 0.6 is 9.24 Å². The normalized spacial score (nSPS) is 15.8. The van der Waals surface area contributed by atoms with Crippen molar-refractivity contribution in [3.63, 3.8) is 0 Å². The molecular formula is C31H47N4OP. The molecule has 1 fully saturated rings. The number of hydrogen-bond acceptors (Lipinski definition) is 4. The first-order valence-electron chi connectivity index (χ1n) is 13.2. The number of piperidine rings is 1. The molecule has 202 valence electrons. The topological polar surface area (TPSA) is 50.2 Å². The van der Waals surface area contributed by atoms with Gasteiger partial charge in [0.15, 0.2) is 0 Å². The second kappa shape index (κ2) is 14.4. The van der Waals surface area contributed by atoms with Crippen molar-refractivity contribution in [3.8, 4) is 0 Å². The lowest BCUT2D eigenvalue weighted by molar-refractivity contribution is 0.193. The molecule has 1 saturated heterocycles. The summed E-state index contributed by atoms with van der Waals surface area (Å²) in [5.74, 6) is 0. The molecule has 0 bridgehead atoms. The van der Waals surface area contributed by atoms with Crippen LogP contribution in [0.1, 0.15) is 71.4 Å². The summed E-state index contributed by atoms with van der Waals surface area (Å²) in [5.41, 5.74) is 2.15. The van der Waals surface area contributed by atoms with Gasteiger partial charge in [-0.05, 0) is 73.6 Å². The van der Waals surface area contributed by atoms with E-state index in [4.69, 9.17) is 4.98 Å². The molecule has 3 aromatic rings. The van der Waals surface area contributed by atoms with Crippen LogP contribution in [0.15, 0.2) is 66.9 Å². The number of fused-ring (bicyclic) bond motifs is 3. The minimum Gasteiger partial charge on any atom is -0.394 e. The van der Waals surface area contributed by atoms with E-state index in [0.717, 1.165) is 74.4 Å². The molecule has 2 heterocycles. The molecule has 37 heavy (non-hydrogen) atoms. The summed E-state index contributed by atoms with van der Waals surface area (Å²) in [6.07, 6.45) is 11.8. The average molecular weight is 523 g/mol. The highest BCUT2D eigenvalue weighted by Crippen LogP contribution is 2.36. The third-order valence-corrected chi connectivity index (χ3v) is 8.18. The second-order valence-electron chi connectivity index (χ2n) is 9.91. The maximum Gasteiger partial charge on any atom is 0.261 e. The number of hydrogen-bond donors (Lipinski definition) is 1. The van der Waals surface area contributed by atoms with Crippen molar-refractivity contribution >= 4 is 30.9 Å². The van der Waals surface area contributed by atoms with E-state index in [1.165, 1.54) is 10.9 Å². The molecule has 1 aromatic heterocycles. The fourth-order valence-electron chi connectivity index (χ4n) is 5.20. The summed E-state index contributed by atoms with van der Waals surface area (Å²) in [7, 11) is 4.89. The quantitative estimate of drug-likeness (QED) is 0.185. The van der Waals surface area contributed by atoms with E-state index >= 15 is 0 Å². The molecule has 1 aliphatic heterocycles. The largest absolute Gasteiger partial charge is 0.394 e. The van der Waals surface area contributed by atoms with Gasteiger partial charge in [-0.2, -0.15) is 0 Å². The standard InChI is InChI=1S/C27H36N3OP.C3H7N.CH4/c1-4-9-21(6-3)30-19-28-25-23-11-8-7-10-22(23)20(17-24(25)26(30)31)18-29-15-13-27(32,12-5-2)14-16-29;1-3-4-2;/h5,7-8,10-11,17,19,21H,2,4,6,9,12-16,18,32H2,1,3H3;3-4H,1H2,2H3;1H4. The highest BCUT2D eigenvalue weighted by atomic mass is 31.0. The lowest BCUT2D eigenvalue weighted by atomic mass is 9.91. The first kappa shape index (κ1) is 30.7. The minimum atomic E-state index is 0. The Morgan fingerprint density at radius 1 is 1.16 bits per heavy atom. The number of allylic oxidation sites excluding steroid dienone is 1. The Labute approximate surface area is 226 Å². The first-order chi connectivity index (χ1) is 17.4. The van der Waals surface area contributed by atoms with E-state index in [2.05, 4.69) is 70.7 Å². The minimum absolute atomic E-state index is 0. The van der Waals surface area contributed by atoms with Gasteiger partial charge >= 0.3 is 0 Å². The van der Waals surface area contributed by atoms with Crippen molar-refractivity contribution in [2.75, 3.05) is 20.1 Å². The van der Waals surface area contributed by atoms with Crippen LogP contribution in [-0.2, 0) is 6.54 Å². The van der Waals surface area contributed by atoms with Gasteiger partial charge in [0.05, 0.1) is 17.2 Å². The van der Waals surface area contributed by atoms with Crippen LogP contribution in [0.2, 0.25) is 0 Å². The molecule has 2 unspecified atom stereocenters. The zero-order valence-electron chi connectivity index (χ0n) is 22.3. The Morgan fingerprint density at radius 3 is 2.38 bits per heavy atom. The Hall–Kier alpha value is -2.49. The highest BCUT2D eigenvalue weighted by molar-refractivity contribution is 7.19. The summed E-state index contributed by atoms with van der Waals surface area (Å²) < 4.78 is 1.86. The fourth-order valence-corrected chi connectivity index (χ4v) is 5.63. The van der Waals surface area contributed by atoms with E-state index in [1.54, 1.807) is 12.5 Å². The van der Waals surface area contributed by atoms with Crippen LogP contribution in [0.4, 0.5) is 0 Å². The van der Waals surface area contributed by atoms with E-state index in [0.29, 0.717) is 0 Å². The molecule has 0 amide bonds. The van der Waals surface area contributed by atoms with Gasteiger partial charge in [0.2, 0.25) is 0 Å². The van der Waals surface area contributed by atoms with Crippen LogP contribution in [0.25, 0.3) is 21.7 Å². The maximum atomic E-state index is 13.5. The van der Waals surface area contributed by atoms with Crippen molar-refractivity contribution in [2.24, 2.45) is 0 Å². The van der Waals surface area contributed by atoms with E-state index in [1.807, 2.05) is 23.8 Å². The van der Waals surface area contributed by atoms with Gasteiger partial charge < -0.3 is 5.32 Å². The zero-order valence-corrected chi connectivity index (χ0v) is 23.5.